The topological polar surface area (TPSA) is 7.12 Å². The van der Waals surface area contributed by atoms with Crippen molar-refractivity contribution in [3.63, 3.8) is 0 Å². The maximum atomic E-state index is 2.36. The summed E-state index contributed by atoms with van der Waals surface area (Å²) in [5.74, 6) is 0. The van der Waals surface area contributed by atoms with E-state index < -0.39 is 0 Å². The van der Waals surface area contributed by atoms with Crippen molar-refractivity contribution in [3.8, 4) is 0 Å². The molecule has 150 valence electrons. The number of hydrogen-bond acceptors (Lipinski definition) is 1. The van der Waals surface area contributed by atoms with E-state index in [1.807, 2.05) is 0 Å². The molecule has 30 heavy (non-hydrogen) atoms. The molecule has 0 saturated carbocycles. The van der Waals surface area contributed by atoms with Crippen LogP contribution in [0.25, 0.3) is 23.1 Å². The fraction of sp³-hybridized carbons (Fsp3) is 0.179. The zero-order valence-electron chi connectivity index (χ0n) is 18.0. The molecule has 0 spiro atoms. The molecular weight excluding hydrogens is 364 g/mol. The molecule has 1 aliphatic rings. The van der Waals surface area contributed by atoms with E-state index in [2.05, 4.69) is 127 Å². The lowest BCUT2D eigenvalue weighted by Gasteiger charge is -2.29. The molecule has 1 aromatic heterocycles. The zero-order valence-corrected chi connectivity index (χ0v) is 18.0. The number of nitrogens with zero attached hydrogens (tertiary/aromatic N) is 2. The molecule has 0 aliphatic carbocycles. The van der Waals surface area contributed by atoms with Crippen molar-refractivity contribution in [1.29, 1.82) is 0 Å². The van der Waals surface area contributed by atoms with E-state index in [0.717, 1.165) is 13.1 Å². The van der Waals surface area contributed by atoms with Crippen LogP contribution in [-0.4, -0.2) is 6.54 Å². The summed E-state index contributed by atoms with van der Waals surface area (Å²) in [6.45, 7) is 8.45. The third-order valence-electron chi connectivity index (χ3n) is 5.63. The van der Waals surface area contributed by atoms with Gasteiger partial charge in [0.25, 0.3) is 0 Å². The zero-order chi connectivity index (χ0) is 20.9. The van der Waals surface area contributed by atoms with Gasteiger partial charge in [-0.05, 0) is 56.2 Å². The van der Waals surface area contributed by atoms with Crippen LogP contribution in [0.1, 0.15) is 31.9 Å². The van der Waals surface area contributed by atoms with Crippen LogP contribution >= 0.6 is 0 Å². The number of pyridine rings is 1. The van der Waals surface area contributed by atoms with Crippen LogP contribution in [0.15, 0.2) is 96.4 Å². The number of para-hydroxylation sites is 2. The number of hydrogen-bond donors (Lipinski definition) is 0. The molecule has 0 amide bonds. The van der Waals surface area contributed by atoms with Gasteiger partial charge in [0.2, 0.25) is 5.52 Å². The third kappa shape index (κ3) is 3.99. The Labute approximate surface area is 179 Å². The SMILES string of the molecule is CCN1/C(=C/C=C(C)\C=C\c2cc[n+](CC)c3ccccc23)C=Cc2ccccc21. The van der Waals surface area contributed by atoms with Crippen LogP contribution in [0, 0.1) is 0 Å². The quantitative estimate of drug-likeness (QED) is 0.352. The van der Waals surface area contributed by atoms with Crippen molar-refractivity contribution >= 4 is 28.7 Å². The Morgan fingerprint density at radius 2 is 1.77 bits per heavy atom. The highest BCUT2D eigenvalue weighted by molar-refractivity contribution is 5.85. The first kappa shape index (κ1) is 19.9. The Hall–Kier alpha value is -3.39. The van der Waals surface area contributed by atoms with Crippen molar-refractivity contribution in [1.82, 2.24) is 0 Å². The van der Waals surface area contributed by atoms with Crippen LogP contribution in [-0.2, 0) is 6.54 Å². The van der Waals surface area contributed by atoms with Gasteiger partial charge in [-0.2, -0.15) is 4.57 Å². The molecule has 0 bridgehead atoms. The molecule has 3 aromatic rings. The van der Waals surface area contributed by atoms with Gasteiger partial charge < -0.3 is 4.90 Å². The number of likely N-dealkylation sites (N-methyl/N-ethyl adjacent to an activating group) is 1. The van der Waals surface area contributed by atoms with Crippen LogP contribution in [0.3, 0.4) is 0 Å². The summed E-state index contributed by atoms with van der Waals surface area (Å²) in [7, 11) is 0. The van der Waals surface area contributed by atoms with E-state index in [-0.39, 0.29) is 0 Å². The third-order valence-corrected chi connectivity index (χ3v) is 5.63. The monoisotopic (exact) mass is 393 g/mol. The van der Waals surface area contributed by atoms with Crippen molar-refractivity contribution in [2.75, 3.05) is 11.4 Å². The Kier molecular flexibility index (Phi) is 5.94. The summed E-state index contributed by atoms with van der Waals surface area (Å²) >= 11 is 0. The molecule has 2 nitrogen and oxygen atoms in total. The molecule has 0 fully saturated rings. The first-order chi connectivity index (χ1) is 14.7. The lowest BCUT2D eigenvalue weighted by Crippen LogP contribution is -2.32. The number of rotatable bonds is 5. The first-order valence-electron chi connectivity index (χ1n) is 10.7. The van der Waals surface area contributed by atoms with Gasteiger partial charge in [0.15, 0.2) is 6.20 Å². The highest BCUT2D eigenvalue weighted by Crippen LogP contribution is 2.30. The Balaban J connectivity index is 1.60. The van der Waals surface area contributed by atoms with Gasteiger partial charge in [-0.1, -0.05) is 60.2 Å². The Morgan fingerprint density at radius 3 is 2.60 bits per heavy atom. The lowest BCUT2D eigenvalue weighted by atomic mass is 10.0. The molecule has 2 heteroatoms. The molecule has 2 heterocycles. The number of allylic oxidation sites excluding steroid dienone is 5. The first-order valence-corrected chi connectivity index (χ1v) is 10.7. The minimum atomic E-state index is 0.948. The Morgan fingerprint density at radius 1 is 0.967 bits per heavy atom. The summed E-state index contributed by atoms with van der Waals surface area (Å²) in [6.07, 6.45) is 15.4. The molecular formula is C28H29N2+. The van der Waals surface area contributed by atoms with Crippen molar-refractivity contribution < 1.29 is 4.57 Å². The number of anilines is 1. The molecule has 0 N–H and O–H groups in total. The smallest absolute Gasteiger partial charge is 0.213 e. The second kappa shape index (κ2) is 8.96. The van der Waals surface area contributed by atoms with Crippen molar-refractivity contribution in [2.24, 2.45) is 0 Å². The largest absolute Gasteiger partial charge is 0.341 e. The molecule has 0 radical (unpaired) electrons. The van der Waals surface area contributed by atoms with E-state index in [4.69, 9.17) is 0 Å². The van der Waals surface area contributed by atoms with E-state index in [9.17, 15) is 0 Å². The summed E-state index contributed by atoms with van der Waals surface area (Å²) in [5, 5.41) is 1.29. The minimum absolute atomic E-state index is 0.948. The van der Waals surface area contributed by atoms with Gasteiger partial charge in [0.1, 0.15) is 6.54 Å². The average molecular weight is 394 g/mol. The fourth-order valence-corrected chi connectivity index (χ4v) is 4.00. The Bertz CT molecular complexity index is 1180. The van der Waals surface area contributed by atoms with Gasteiger partial charge in [-0.15, -0.1) is 0 Å². The van der Waals surface area contributed by atoms with Gasteiger partial charge in [0.05, 0.1) is 5.39 Å². The second-order valence-corrected chi connectivity index (χ2v) is 7.55. The molecule has 1 aliphatic heterocycles. The van der Waals surface area contributed by atoms with Crippen LogP contribution in [0.5, 0.6) is 0 Å². The lowest BCUT2D eigenvalue weighted by molar-refractivity contribution is -0.667. The minimum Gasteiger partial charge on any atom is -0.341 e. The van der Waals surface area contributed by atoms with Gasteiger partial charge in [-0.3, -0.25) is 0 Å². The molecule has 0 saturated heterocycles. The predicted molar refractivity (Wildman–Crippen MR) is 129 cm³/mol. The van der Waals surface area contributed by atoms with Crippen LogP contribution in [0.2, 0.25) is 0 Å². The highest BCUT2D eigenvalue weighted by Gasteiger charge is 2.14. The summed E-state index contributed by atoms with van der Waals surface area (Å²) in [4.78, 5) is 2.36. The summed E-state index contributed by atoms with van der Waals surface area (Å²) in [6, 6.07) is 19.4. The van der Waals surface area contributed by atoms with Crippen molar-refractivity contribution in [2.45, 2.75) is 27.3 Å². The summed E-state index contributed by atoms with van der Waals surface area (Å²) < 4.78 is 2.28. The van der Waals surface area contributed by atoms with Gasteiger partial charge in [-0.25, -0.2) is 0 Å². The molecule has 0 unspecified atom stereocenters. The van der Waals surface area contributed by atoms with Crippen LogP contribution < -0.4 is 9.47 Å². The number of fused-ring (bicyclic) bond motifs is 2. The summed E-state index contributed by atoms with van der Waals surface area (Å²) in [5.41, 5.74) is 7.51. The van der Waals surface area contributed by atoms with E-state index >= 15 is 0 Å². The molecule has 0 atom stereocenters. The van der Waals surface area contributed by atoms with Crippen LogP contribution in [0.4, 0.5) is 5.69 Å². The average Bonchev–Trinajstić information content (AvgIpc) is 2.80. The molecule has 2 aromatic carbocycles. The number of benzene rings is 2. The standard InChI is InChI=1S/C28H29N2/c1-4-29-21-20-23(26-11-7-9-13-28(26)29)16-14-22(3)15-18-25-19-17-24-10-6-8-12-27(24)30(25)5-2/h6-21H,4-5H2,1-3H3/q+1. The predicted octanol–water partition coefficient (Wildman–Crippen LogP) is 6.54. The fourth-order valence-electron chi connectivity index (χ4n) is 4.00. The van der Waals surface area contributed by atoms with E-state index in [1.54, 1.807) is 0 Å². The second-order valence-electron chi connectivity index (χ2n) is 7.55. The van der Waals surface area contributed by atoms with Gasteiger partial charge in [0, 0.05) is 30.1 Å². The number of aryl methyl sites for hydroxylation is 1. The molecule has 4 rings (SSSR count). The number of aromatic nitrogens is 1. The van der Waals surface area contributed by atoms with Gasteiger partial charge >= 0.3 is 0 Å². The maximum absolute atomic E-state index is 2.36. The normalized spacial score (nSPS) is 15.4. The highest BCUT2D eigenvalue weighted by atomic mass is 15.1. The van der Waals surface area contributed by atoms with E-state index in [1.165, 1.54) is 39.0 Å². The van der Waals surface area contributed by atoms with E-state index in [0.29, 0.717) is 0 Å². The van der Waals surface area contributed by atoms with Crippen molar-refractivity contribution in [3.05, 3.63) is 107 Å². The maximum Gasteiger partial charge on any atom is 0.213 e.